The van der Waals surface area contributed by atoms with Gasteiger partial charge in [-0.3, -0.25) is 4.99 Å². The predicted octanol–water partition coefficient (Wildman–Crippen LogP) is 3.06. The number of ether oxygens (including phenoxy) is 2. The molecule has 1 N–H and O–H groups in total. The Morgan fingerprint density at radius 2 is 2.19 bits per heavy atom. The summed E-state index contributed by atoms with van der Waals surface area (Å²) in [7, 11) is 0. The molecular formula is C21H33N3O2. The van der Waals surface area contributed by atoms with E-state index < -0.39 is 0 Å². The summed E-state index contributed by atoms with van der Waals surface area (Å²) in [5.74, 6) is 1.64. The van der Waals surface area contributed by atoms with E-state index in [0.717, 1.165) is 51.8 Å². The minimum atomic E-state index is 0.416. The van der Waals surface area contributed by atoms with E-state index in [1.807, 2.05) is 6.07 Å². The molecule has 2 aliphatic heterocycles. The van der Waals surface area contributed by atoms with Crippen molar-refractivity contribution < 1.29 is 9.47 Å². The highest BCUT2D eigenvalue weighted by molar-refractivity contribution is 5.80. The smallest absolute Gasteiger partial charge is 0.193 e. The van der Waals surface area contributed by atoms with Gasteiger partial charge in [0.2, 0.25) is 0 Å². The number of aliphatic imine (C=N–C) groups is 1. The molecule has 26 heavy (non-hydrogen) atoms. The third-order valence-electron chi connectivity index (χ3n) is 5.12. The number of guanidine groups is 1. The molecule has 5 nitrogen and oxygen atoms in total. The fraction of sp³-hybridized carbons (Fsp3) is 0.667. The summed E-state index contributed by atoms with van der Waals surface area (Å²) < 4.78 is 11.6. The van der Waals surface area contributed by atoms with Gasteiger partial charge in [0, 0.05) is 38.7 Å². The predicted molar refractivity (Wildman–Crippen MR) is 105 cm³/mol. The fourth-order valence-electron chi connectivity index (χ4n) is 3.69. The fourth-order valence-corrected chi connectivity index (χ4v) is 3.69. The van der Waals surface area contributed by atoms with Gasteiger partial charge in [0.1, 0.15) is 0 Å². The SMILES string of the molecule is CCNC(=NCCC1CCCO1)N1CCC(COCc2ccccc2)C1. The summed E-state index contributed by atoms with van der Waals surface area (Å²) in [4.78, 5) is 7.22. The minimum Gasteiger partial charge on any atom is -0.378 e. The standard InChI is InChI=1S/C21H33N3O2/c1-2-22-21(23-12-10-20-9-6-14-26-20)24-13-11-19(15-24)17-25-16-18-7-4-3-5-8-18/h3-5,7-8,19-20H,2,6,9-17H2,1H3,(H,22,23). The number of likely N-dealkylation sites (tertiary alicyclic amines) is 1. The van der Waals surface area contributed by atoms with Crippen LogP contribution in [0.15, 0.2) is 35.3 Å². The van der Waals surface area contributed by atoms with E-state index >= 15 is 0 Å². The second-order valence-electron chi connectivity index (χ2n) is 7.26. The van der Waals surface area contributed by atoms with Crippen LogP contribution < -0.4 is 5.32 Å². The third kappa shape index (κ3) is 5.99. The first-order valence-corrected chi connectivity index (χ1v) is 10.1. The number of benzene rings is 1. The molecule has 1 aromatic carbocycles. The maximum atomic E-state index is 5.94. The van der Waals surface area contributed by atoms with Gasteiger partial charge >= 0.3 is 0 Å². The van der Waals surface area contributed by atoms with Crippen LogP contribution in [0.3, 0.4) is 0 Å². The molecule has 0 radical (unpaired) electrons. The molecule has 2 aliphatic rings. The topological polar surface area (TPSA) is 46.1 Å². The summed E-state index contributed by atoms with van der Waals surface area (Å²) in [6.07, 6.45) is 5.01. The normalized spacial score (nSPS) is 23.6. The lowest BCUT2D eigenvalue weighted by Crippen LogP contribution is -2.40. The van der Waals surface area contributed by atoms with Crippen molar-refractivity contribution in [2.24, 2.45) is 10.9 Å². The first kappa shape index (κ1) is 19.2. The lowest BCUT2D eigenvalue weighted by atomic mass is 10.1. The molecule has 0 amide bonds. The number of hydrogen-bond donors (Lipinski definition) is 1. The lowest BCUT2D eigenvalue weighted by molar-refractivity contribution is 0.0906. The molecule has 2 atom stereocenters. The van der Waals surface area contributed by atoms with Crippen LogP contribution in [0.4, 0.5) is 0 Å². The number of hydrogen-bond acceptors (Lipinski definition) is 3. The Kier molecular flexibility index (Phi) is 7.77. The Morgan fingerprint density at radius 1 is 1.31 bits per heavy atom. The Morgan fingerprint density at radius 3 is 2.96 bits per heavy atom. The van der Waals surface area contributed by atoms with Crippen molar-refractivity contribution in [3.05, 3.63) is 35.9 Å². The van der Waals surface area contributed by atoms with E-state index in [0.29, 0.717) is 18.6 Å². The molecule has 5 heteroatoms. The second-order valence-corrected chi connectivity index (χ2v) is 7.26. The van der Waals surface area contributed by atoms with Crippen molar-refractivity contribution in [1.29, 1.82) is 0 Å². The van der Waals surface area contributed by atoms with E-state index in [4.69, 9.17) is 14.5 Å². The zero-order valence-electron chi connectivity index (χ0n) is 16.0. The van der Waals surface area contributed by atoms with Gasteiger partial charge in [0.25, 0.3) is 0 Å². The van der Waals surface area contributed by atoms with Gasteiger partial charge in [-0.1, -0.05) is 30.3 Å². The van der Waals surface area contributed by atoms with Crippen LogP contribution in [0.25, 0.3) is 0 Å². The van der Waals surface area contributed by atoms with Crippen LogP contribution in [0.1, 0.15) is 38.2 Å². The molecule has 0 bridgehead atoms. The molecule has 3 rings (SSSR count). The monoisotopic (exact) mass is 359 g/mol. The Bertz CT molecular complexity index is 543. The third-order valence-corrected chi connectivity index (χ3v) is 5.12. The highest BCUT2D eigenvalue weighted by Gasteiger charge is 2.25. The Balaban J connectivity index is 1.40. The first-order valence-electron chi connectivity index (χ1n) is 10.1. The van der Waals surface area contributed by atoms with Crippen LogP contribution >= 0.6 is 0 Å². The molecule has 2 unspecified atom stereocenters. The molecule has 2 fully saturated rings. The van der Waals surface area contributed by atoms with Crippen LogP contribution in [0.2, 0.25) is 0 Å². The van der Waals surface area contributed by atoms with Crippen molar-refractivity contribution in [2.45, 2.75) is 45.3 Å². The molecule has 2 heterocycles. The van der Waals surface area contributed by atoms with E-state index in [-0.39, 0.29) is 0 Å². The molecule has 2 saturated heterocycles. The zero-order valence-corrected chi connectivity index (χ0v) is 16.0. The zero-order chi connectivity index (χ0) is 18.0. The summed E-state index contributed by atoms with van der Waals surface area (Å²) in [5, 5.41) is 3.45. The average Bonchev–Trinajstić information content (AvgIpc) is 3.34. The molecule has 144 valence electrons. The van der Waals surface area contributed by atoms with Crippen molar-refractivity contribution in [2.75, 3.05) is 39.4 Å². The lowest BCUT2D eigenvalue weighted by Gasteiger charge is -2.22. The molecule has 0 aromatic heterocycles. The van der Waals surface area contributed by atoms with Crippen molar-refractivity contribution in [3.63, 3.8) is 0 Å². The Labute approximate surface area is 157 Å². The quantitative estimate of drug-likeness (QED) is 0.572. The van der Waals surface area contributed by atoms with Gasteiger partial charge in [-0.15, -0.1) is 0 Å². The van der Waals surface area contributed by atoms with Crippen molar-refractivity contribution >= 4 is 5.96 Å². The van der Waals surface area contributed by atoms with Gasteiger partial charge < -0.3 is 19.7 Å². The van der Waals surface area contributed by atoms with Gasteiger partial charge in [0.05, 0.1) is 19.3 Å². The number of nitrogens with one attached hydrogen (secondary N) is 1. The van der Waals surface area contributed by atoms with Crippen LogP contribution in [-0.2, 0) is 16.1 Å². The largest absolute Gasteiger partial charge is 0.378 e. The highest BCUT2D eigenvalue weighted by Crippen LogP contribution is 2.18. The first-order chi connectivity index (χ1) is 12.8. The van der Waals surface area contributed by atoms with E-state index in [2.05, 4.69) is 41.4 Å². The number of nitrogens with zero attached hydrogens (tertiary/aromatic N) is 2. The summed E-state index contributed by atoms with van der Waals surface area (Å²) >= 11 is 0. The summed E-state index contributed by atoms with van der Waals surface area (Å²) in [5.41, 5.74) is 1.24. The van der Waals surface area contributed by atoms with Crippen LogP contribution in [0, 0.1) is 5.92 Å². The van der Waals surface area contributed by atoms with E-state index in [1.54, 1.807) is 0 Å². The number of rotatable bonds is 8. The molecular weight excluding hydrogens is 326 g/mol. The molecule has 0 spiro atoms. The summed E-state index contributed by atoms with van der Waals surface area (Å²) in [6.45, 7) is 8.42. The maximum absolute atomic E-state index is 5.94. The van der Waals surface area contributed by atoms with Gasteiger partial charge in [-0.05, 0) is 38.2 Å². The molecule has 1 aromatic rings. The van der Waals surface area contributed by atoms with Crippen LogP contribution in [-0.4, -0.2) is 56.4 Å². The summed E-state index contributed by atoms with van der Waals surface area (Å²) in [6, 6.07) is 10.4. The van der Waals surface area contributed by atoms with E-state index in [9.17, 15) is 0 Å². The minimum absolute atomic E-state index is 0.416. The van der Waals surface area contributed by atoms with Crippen molar-refractivity contribution in [3.8, 4) is 0 Å². The van der Waals surface area contributed by atoms with Crippen LogP contribution in [0.5, 0.6) is 0 Å². The average molecular weight is 360 g/mol. The van der Waals surface area contributed by atoms with Crippen molar-refractivity contribution in [1.82, 2.24) is 10.2 Å². The van der Waals surface area contributed by atoms with Gasteiger partial charge in [-0.2, -0.15) is 0 Å². The van der Waals surface area contributed by atoms with Gasteiger partial charge in [0.15, 0.2) is 5.96 Å². The van der Waals surface area contributed by atoms with E-state index in [1.165, 1.54) is 24.8 Å². The maximum Gasteiger partial charge on any atom is 0.193 e. The second kappa shape index (κ2) is 10.5. The molecule has 0 aliphatic carbocycles. The Hall–Kier alpha value is -1.59. The molecule has 0 saturated carbocycles. The highest BCUT2D eigenvalue weighted by atomic mass is 16.5. The van der Waals surface area contributed by atoms with Gasteiger partial charge in [-0.25, -0.2) is 0 Å².